The maximum atomic E-state index is 12.5. The molecule has 1 aliphatic heterocycles. The molecule has 3 aromatic rings. The number of rotatable bonds is 14. The molecule has 1 heterocycles. The molecule has 0 unspecified atom stereocenters. The van der Waals surface area contributed by atoms with E-state index < -0.39 is 24.3 Å². The van der Waals surface area contributed by atoms with E-state index in [-0.39, 0.29) is 18.8 Å². The van der Waals surface area contributed by atoms with Gasteiger partial charge >= 0.3 is 12.0 Å². The van der Waals surface area contributed by atoms with Gasteiger partial charge in [-0.3, -0.25) is 5.43 Å². The lowest BCUT2D eigenvalue weighted by atomic mass is 9.95. The highest BCUT2D eigenvalue weighted by atomic mass is 35.5. The first-order valence-electron chi connectivity index (χ1n) is 14.0. The number of allylic oxidation sites excluding steroid dienone is 1. The fourth-order valence-electron chi connectivity index (χ4n) is 4.55. The van der Waals surface area contributed by atoms with Crippen LogP contribution in [0.5, 0.6) is 23.0 Å². The SMILES string of the molecule is CCOc1cc([C@H]2NC(=O)NC(C)=C2C(=O)OC)ccc1OC[C@@H](O)N/N=C/c1cccc(OC)c1OCc1cccc(Cl)c1. The smallest absolute Gasteiger partial charge is 0.337 e. The molecule has 0 aliphatic carbocycles. The van der Waals surface area contributed by atoms with Gasteiger partial charge in [0.25, 0.3) is 0 Å². The van der Waals surface area contributed by atoms with Crippen LogP contribution in [0.4, 0.5) is 4.79 Å². The van der Waals surface area contributed by atoms with Gasteiger partial charge in [0, 0.05) is 16.3 Å². The molecule has 0 radical (unpaired) electrons. The molecule has 0 saturated carbocycles. The molecule has 0 aromatic heterocycles. The molecule has 2 atom stereocenters. The Morgan fingerprint density at radius 2 is 1.87 bits per heavy atom. The molecule has 13 heteroatoms. The van der Waals surface area contributed by atoms with Crippen molar-refractivity contribution in [3.05, 3.63) is 93.6 Å². The molecule has 0 spiro atoms. The second-order valence-corrected chi connectivity index (χ2v) is 10.1. The first kappa shape index (κ1) is 33.0. The Balaban J connectivity index is 1.42. The van der Waals surface area contributed by atoms with Gasteiger partial charge in [-0.2, -0.15) is 5.10 Å². The van der Waals surface area contributed by atoms with Gasteiger partial charge in [0.05, 0.1) is 38.7 Å². The van der Waals surface area contributed by atoms with Gasteiger partial charge in [-0.1, -0.05) is 35.9 Å². The second-order valence-electron chi connectivity index (χ2n) is 9.71. The third-order valence-corrected chi connectivity index (χ3v) is 6.84. The predicted molar refractivity (Wildman–Crippen MR) is 168 cm³/mol. The van der Waals surface area contributed by atoms with Crippen molar-refractivity contribution in [2.45, 2.75) is 32.7 Å². The summed E-state index contributed by atoms with van der Waals surface area (Å²) in [5.74, 6) is 1.12. The van der Waals surface area contributed by atoms with Crippen molar-refractivity contribution < 1.29 is 38.4 Å². The number of urea groups is 1. The molecule has 4 N–H and O–H groups in total. The Bertz CT molecular complexity index is 1580. The number of nitrogens with zero attached hydrogens (tertiary/aromatic N) is 1. The first-order chi connectivity index (χ1) is 21.7. The Kier molecular flexibility index (Phi) is 11.5. The van der Waals surface area contributed by atoms with E-state index in [0.717, 1.165) is 5.56 Å². The summed E-state index contributed by atoms with van der Waals surface area (Å²) in [6, 6.07) is 16.5. The van der Waals surface area contributed by atoms with E-state index >= 15 is 0 Å². The highest BCUT2D eigenvalue weighted by molar-refractivity contribution is 6.30. The largest absolute Gasteiger partial charge is 0.493 e. The van der Waals surface area contributed by atoms with E-state index in [9.17, 15) is 14.7 Å². The summed E-state index contributed by atoms with van der Waals surface area (Å²) < 4.78 is 28.0. The Morgan fingerprint density at radius 1 is 1.07 bits per heavy atom. The topological polar surface area (TPSA) is 149 Å². The number of aliphatic hydroxyl groups is 1. The van der Waals surface area contributed by atoms with E-state index in [2.05, 4.69) is 21.2 Å². The minimum Gasteiger partial charge on any atom is -0.493 e. The van der Waals surface area contributed by atoms with Crippen LogP contribution >= 0.6 is 11.6 Å². The van der Waals surface area contributed by atoms with Crippen LogP contribution in [0.2, 0.25) is 5.02 Å². The summed E-state index contributed by atoms with van der Waals surface area (Å²) in [6.07, 6.45) is 0.318. The number of hydrogen-bond donors (Lipinski definition) is 4. The number of esters is 1. The Labute approximate surface area is 265 Å². The molecule has 0 fully saturated rings. The summed E-state index contributed by atoms with van der Waals surface area (Å²) in [4.78, 5) is 24.6. The average Bonchev–Trinajstić information content (AvgIpc) is 3.02. The number of benzene rings is 3. The molecular weight excluding hydrogens is 604 g/mol. The molecule has 0 bridgehead atoms. The number of aliphatic hydroxyl groups excluding tert-OH is 1. The van der Waals surface area contributed by atoms with E-state index in [1.54, 1.807) is 56.5 Å². The van der Waals surface area contributed by atoms with Crippen LogP contribution in [0.25, 0.3) is 0 Å². The second kappa shape index (κ2) is 15.7. The molecule has 238 valence electrons. The third kappa shape index (κ3) is 8.58. The standard InChI is InChI=1S/C32H35ClN4O8/c1-5-43-26-15-21(29-28(31(39)42-4)19(2)35-32(40)36-29)12-13-24(26)44-18-27(38)37-34-16-22-9-7-11-25(41-3)30(22)45-17-20-8-6-10-23(33)14-20/h6-16,27,29,37-38H,5,17-18H2,1-4H3,(H2,35,36,40)/b34-16+/t27-,29-/m1/s1. The number of ether oxygens (including phenoxy) is 5. The molecule has 2 amide bonds. The minimum atomic E-state index is -1.18. The van der Waals surface area contributed by atoms with Crippen LogP contribution in [0.1, 0.15) is 36.6 Å². The van der Waals surface area contributed by atoms with Crippen molar-refractivity contribution in [2.24, 2.45) is 5.10 Å². The Morgan fingerprint density at radius 3 is 2.60 bits per heavy atom. The van der Waals surface area contributed by atoms with Gasteiger partial charge in [-0.25, -0.2) is 9.59 Å². The first-order valence-corrected chi connectivity index (χ1v) is 14.4. The minimum absolute atomic E-state index is 0.177. The van der Waals surface area contributed by atoms with Crippen molar-refractivity contribution in [3.63, 3.8) is 0 Å². The van der Waals surface area contributed by atoms with E-state index in [1.807, 2.05) is 25.1 Å². The van der Waals surface area contributed by atoms with Crippen LogP contribution < -0.4 is 35.0 Å². The summed E-state index contributed by atoms with van der Waals surface area (Å²) in [5.41, 5.74) is 5.36. The number of hydrazone groups is 1. The van der Waals surface area contributed by atoms with Gasteiger partial charge in [-0.15, -0.1) is 0 Å². The summed E-state index contributed by atoms with van der Waals surface area (Å²) in [7, 11) is 2.82. The van der Waals surface area contributed by atoms with Crippen molar-refractivity contribution >= 4 is 29.8 Å². The molecule has 12 nitrogen and oxygen atoms in total. The lowest BCUT2D eigenvalue weighted by Gasteiger charge is -2.28. The Hall–Kier alpha value is -4.94. The molecule has 0 saturated heterocycles. The van der Waals surface area contributed by atoms with Gasteiger partial charge in [0.15, 0.2) is 29.2 Å². The fraction of sp³-hybridized carbons (Fsp3) is 0.281. The monoisotopic (exact) mass is 638 g/mol. The summed E-state index contributed by atoms with van der Waals surface area (Å²) in [6.45, 7) is 3.84. The molecule has 45 heavy (non-hydrogen) atoms. The number of hydrogen-bond acceptors (Lipinski definition) is 10. The highest BCUT2D eigenvalue weighted by Gasteiger charge is 2.32. The lowest BCUT2D eigenvalue weighted by Crippen LogP contribution is -2.45. The number of para-hydroxylation sites is 1. The van der Waals surface area contributed by atoms with Crippen molar-refractivity contribution in [1.29, 1.82) is 0 Å². The maximum absolute atomic E-state index is 12.5. The summed E-state index contributed by atoms with van der Waals surface area (Å²) in [5, 5.41) is 20.6. The molecular formula is C32H35ClN4O8. The van der Waals surface area contributed by atoms with Gasteiger partial charge in [-0.05, 0) is 61.4 Å². The number of carbonyl (C=O) groups excluding carboxylic acids is 2. The van der Waals surface area contributed by atoms with E-state index in [0.29, 0.717) is 51.5 Å². The van der Waals surface area contributed by atoms with Gasteiger partial charge in [0.2, 0.25) is 0 Å². The van der Waals surface area contributed by atoms with Crippen LogP contribution in [0, 0.1) is 0 Å². The van der Waals surface area contributed by atoms with Crippen LogP contribution in [0.15, 0.2) is 77.0 Å². The third-order valence-electron chi connectivity index (χ3n) is 6.60. The predicted octanol–water partition coefficient (Wildman–Crippen LogP) is 4.45. The average molecular weight is 639 g/mol. The van der Waals surface area contributed by atoms with E-state index in [1.165, 1.54) is 13.3 Å². The zero-order chi connectivity index (χ0) is 32.3. The quantitative estimate of drug-likeness (QED) is 0.0870. The number of nitrogens with one attached hydrogen (secondary N) is 3. The molecule has 4 rings (SSSR count). The van der Waals surface area contributed by atoms with Crippen LogP contribution in [-0.2, 0) is 16.1 Å². The van der Waals surface area contributed by atoms with Crippen LogP contribution in [0.3, 0.4) is 0 Å². The zero-order valence-electron chi connectivity index (χ0n) is 25.3. The fourth-order valence-corrected chi connectivity index (χ4v) is 4.76. The number of halogens is 1. The molecule has 3 aromatic carbocycles. The van der Waals surface area contributed by atoms with Crippen molar-refractivity contribution in [3.8, 4) is 23.0 Å². The lowest BCUT2D eigenvalue weighted by molar-refractivity contribution is -0.136. The van der Waals surface area contributed by atoms with Crippen molar-refractivity contribution in [2.75, 3.05) is 27.4 Å². The van der Waals surface area contributed by atoms with Crippen LogP contribution in [-0.4, -0.2) is 57.0 Å². The number of amides is 2. The van der Waals surface area contributed by atoms with E-state index in [4.69, 9.17) is 35.3 Å². The zero-order valence-corrected chi connectivity index (χ0v) is 26.0. The summed E-state index contributed by atoms with van der Waals surface area (Å²) >= 11 is 6.09. The highest BCUT2D eigenvalue weighted by Crippen LogP contribution is 2.35. The number of methoxy groups -OCH3 is 2. The normalized spacial score (nSPS) is 15.2. The number of carbonyl (C=O) groups is 2. The maximum Gasteiger partial charge on any atom is 0.337 e. The molecule has 1 aliphatic rings. The van der Waals surface area contributed by atoms with Gasteiger partial charge < -0.3 is 39.4 Å². The van der Waals surface area contributed by atoms with Gasteiger partial charge in [0.1, 0.15) is 13.2 Å². The van der Waals surface area contributed by atoms with Crippen molar-refractivity contribution in [1.82, 2.24) is 16.1 Å².